The van der Waals surface area contributed by atoms with E-state index >= 15 is 0 Å². The van der Waals surface area contributed by atoms with Gasteiger partial charge in [-0.25, -0.2) is 5.43 Å². The zero-order valence-electron chi connectivity index (χ0n) is 15.6. The number of hydrazone groups is 1. The maximum Gasteiger partial charge on any atom is 0.318 e. The summed E-state index contributed by atoms with van der Waals surface area (Å²) in [7, 11) is 0. The van der Waals surface area contributed by atoms with Crippen LogP contribution in [0, 0.1) is 20.2 Å². The number of hydrogen-bond donors (Lipinski definition) is 1. The molecule has 3 rings (SSSR count). The summed E-state index contributed by atoms with van der Waals surface area (Å²) in [5, 5.41) is 25.9. The number of non-ortho nitro benzene ring substituents is 1. The number of carbonyl (C=O) groups is 1. The monoisotopic (exact) mass is 484 g/mol. The summed E-state index contributed by atoms with van der Waals surface area (Å²) < 4.78 is 6.34. The maximum atomic E-state index is 12.0. The van der Waals surface area contributed by atoms with Crippen LogP contribution >= 0.6 is 15.9 Å². The van der Waals surface area contributed by atoms with E-state index in [0.29, 0.717) is 11.1 Å². The van der Waals surface area contributed by atoms with Gasteiger partial charge in [-0.2, -0.15) is 5.10 Å². The SMILES string of the molecule is O=C(N/N=C/c1ccc(Oc2ccc([N+](=O)[O-])cc2[N+](=O)[O-])cc1)c1ccc(Br)cc1. The van der Waals surface area contributed by atoms with E-state index in [-0.39, 0.29) is 17.4 Å². The second-order valence-corrected chi connectivity index (χ2v) is 6.96. The summed E-state index contributed by atoms with van der Waals surface area (Å²) >= 11 is 3.29. The molecule has 0 atom stereocenters. The molecule has 11 heteroatoms. The van der Waals surface area contributed by atoms with Gasteiger partial charge in [-0.1, -0.05) is 15.9 Å². The van der Waals surface area contributed by atoms with Crippen LogP contribution in [0.15, 0.2) is 76.3 Å². The number of rotatable bonds is 7. The first-order valence-corrected chi connectivity index (χ1v) is 9.42. The van der Waals surface area contributed by atoms with E-state index in [4.69, 9.17) is 4.74 Å². The summed E-state index contributed by atoms with van der Waals surface area (Å²) in [5.41, 5.74) is 2.58. The minimum Gasteiger partial charge on any atom is -0.450 e. The Morgan fingerprint density at radius 3 is 2.26 bits per heavy atom. The fourth-order valence-electron chi connectivity index (χ4n) is 2.43. The molecular weight excluding hydrogens is 472 g/mol. The zero-order valence-corrected chi connectivity index (χ0v) is 17.2. The largest absolute Gasteiger partial charge is 0.450 e. The summed E-state index contributed by atoms with van der Waals surface area (Å²) in [6.07, 6.45) is 1.43. The number of nitrogens with one attached hydrogen (secondary N) is 1. The first-order valence-electron chi connectivity index (χ1n) is 8.63. The maximum absolute atomic E-state index is 12.0. The lowest BCUT2D eigenvalue weighted by Crippen LogP contribution is -2.17. The number of halogens is 1. The van der Waals surface area contributed by atoms with E-state index in [1.165, 1.54) is 12.3 Å². The van der Waals surface area contributed by atoms with Gasteiger partial charge in [-0.05, 0) is 60.2 Å². The predicted molar refractivity (Wildman–Crippen MR) is 115 cm³/mol. The van der Waals surface area contributed by atoms with E-state index in [0.717, 1.165) is 16.6 Å². The van der Waals surface area contributed by atoms with Crippen molar-refractivity contribution >= 4 is 39.4 Å². The molecule has 3 aromatic carbocycles. The molecule has 1 amide bonds. The number of nitrogens with zero attached hydrogens (tertiary/aromatic N) is 3. The standard InChI is InChI=1S/C20H13BrN4O6/c21-15-5-3-14(4-6-15)20(26)23-22-12-13-1-8-17(9-2-13)31-19-10-7-16(24(27)28)11-18(19)25(29)30/h1-12H,(H,23,26)/b22-12+. The third-order valence-electron chi connectivity index (χ3n) is 3.94. The van der Waals surface area contributed by atoms with Crippen LogP contribution in [0.25, 0.3) is 0 Å². The van der Waals surface area contributed by atoms with E-state index in [2.05, 4.69) is 26.5 Å². The van der Waals surface area contributed by atoms with Crippen LogP contribution in [0.5, 0.6) is 11.5 Å². The fourth-order valence-corrected chi connectivity index (χ4v) is 2.69. The van der Waals surface area contributed by atoms with Crippen molar-refractivity contribution in [2.75, 3.05) is 0 Å². The molecule has 0 spiro atoms. The van der Waals surface area contributed by atoms with Gasteiger partial charge in [0.15, 0.2) is 0 Å². The first kappa shape index (κ1) is 21.6. The van der Waals surface area contributed by atoms with Crippen molar-refractivity contribution in [1.82, 2.24) is 5.43 Å². The van der Waals surface area contributed by atoms with Crippen molar-refractivity contribution in [1.29, 1.82) is 0 Å². The lowest BCUT2D eigenvalue weighted by atomic mass is 10.2. The lowest BCUT2D eigenvalue weighted by Gasteiger charge is -2.06. The van der Waals surface area contributed by atoms with Gasteiger partial charge in [-0.3, -0.25) is 25.0 Å². The Bertz CT molecular complexity index is 1160. The highest BCUT2D eigenvalue weighted by molar-refractivity contribution is 9.10. The highest BCUT2D eigenvalue weighted by Gasteiger charge is 2.21. The van der Waals surface area contributed by atoms with Crippen molar-refractivity contribution in [3.05, 3.63) is 103 Å². The van der Waals surface area contributed by atoms with Crippen molar-refractivity contribution in [3.63, 3.8) is 0 Å². The summed E-state index contributed by atoms with van der Waals surface area (Å²) in [5.74, 6) is -0.207. The van der Waals surface area contributed by atoms with Crippen LogP contribution in [0.4, 0.5) is 11.4 Å². The smallest absolute Gasteiger partial charge is 0.318 e. The second-order valence-electron chi connectivity index (χ2n) is 6.04. The summed E-state index contributed by atoms with van der Waals surface area (Å²) in [6, 6.07) is 16.3. The van der Waals surface area contributed by atoms with E-state index in [1.54, 1.807) is 48.5 Å². The fraction of sp³-hybridized carbons (Fsp3) is 0. The molecule has 0 unspecified atom stereocenters. The third-order valence-corrected chi connectivity index (χ3v) is 4.47. The van der Waals surface area contributed by atoms with Crippen molar-refractivity contribution in [2.24, 2.45) is 5.10 Å². The Balaban J connectivity index is 1.66. The quantitative estimate of drug-likeness (QED) is 0.289. The van der Waals surface area contributed by atoms with Gasteiger partial charge in [0.1, 0.15) is 5.75 Å². The molecular formula is C20H13BrN4O6. The molecule has 0 aliphatic rings. The Hall–Kier alpha value is -4.12. The molecule has 156 valence electrons. The third kappa shape index (κ3) is 5.70. The van der Waals surface area contributed by atoms with E-state index in [1.807, 2.05) is 0 Å². The summed E-state index contributed by atoms with van der Waals surface area (Å²) in [4.78, 5) is 32.5. The van der Waals surface area contributed by atoms with Crippen molar-refractivity contribution < 1.29 is 19.4 Å². The summed E-state index contributed by atoms with van der Waals surface area (Å²) in [6.45, 7) is 0. The van der Waals surface area contributed by atoms with Crippen LogP contribution in [0.3, 0.4) is 0 Å². The molecule has 1 N–H and O–H groups in total. The predicted octanol–water partition coefficient (Wildman–Crippen LogP) is 4.82. The molecule has 0 saturated carbocycles. The molecule has 0 bridgehead atoms. The van der Waals surface area contributed by atoms with Gasteiger partial charge in [0, 0.05) is 16.1 Å². The molecule has 10 nitrogen and oxygen atoms in total. The molecule has 0 heterocycles. The number of amides is 1. The molecule has 0 saturated heterocycles. The Labute approximate surface area is 183 Å². The van der Waals surface area contributed by atoms with Crippen LogP contribution < -0.4 is 10.2 Å². The highest BCUT2D eigenvalue weighted by Crippen LogP contribution is 2.34. The molecule has 0 aliphatic carbocycles. The Morgan fingerprint density at radius 2 is 1.65 bits per heavy atom. The van der Waals surface area contributed by atoms with Crippen LogP contribution in [0.1, 0.15) is 15.9 Å². The molecule has 3 aromatic rings. The normalized spacial score (nSPS) is 10.6. The van der Waals surface area contributed by atoms with Gasteiger partial charge >= 0.3 is 5.69 Å². The number of benzene rings is 3. The Morgan fingerprint density at radius 1 is 0.968 bits per heavy atom. The minimum absolute atomic E-state index is 0.126. The number of ether oxygens (including phenoxy) is 1. The van der Waals surface area contributed by atoms with Crippen LogP contribution in [-0.2, 0) is 0 Å². The Kier molecular flexibility index (Phi) is 6.67. The number of nitro benzene ring substituents is 2. The average Bonchev–Trinajstić information content (AvgIpc) is 2.75. The van der Waals surface area contributed by atoms with Gasteiger partial charge < -0.3 is 4.74 Å². The van der Waals surface area contributed by atoms with E-state index in [9.17, 15) is 25.0 Å². The van der Waals surface area contributed by atoms with Gasteiger partial charge in [0.25, 0.3) is 11.6 Å². The molecule has 0 aromatic heterocycles. The average molecular weight is 485 g/mol. The number of carbonyl (C=O) groups excluding carboxylic acids is 1. The second kappa shape index (κ2) is 9.59. The van der Waals surface area contributed by atoms with Crippen molar-refractivity contribution in [2.45, 2.75) is 0 Å². The highest BCUT2D eigenvalue weighted by atomic mass is 79.9. The van der Waals surface area contributed by atoms with Crippen LogP contribution in [0.2, 0.25) is 0 Å². The molecule has 0 aliphatic heterocycles. The number of hydrogen-bond acceptors (Lipinski definition) is 7. The van der Waals surface area contributed by atoms with Crippen LogP contribution in [-0.4, -0.2) is 22.0 Å². The topological polar surface area (TPSA) is 137 Å². The molecule has 31 heavy (non-hydrogen) atoms. The molecule has 0 radical (unpaired) electrons. The zero-order chi connectivity index (χ0) is 22.4. The van der Waals surface area contributed by atoms with Gasteiger partial charge in [0.2, 0.25) is 5.75 Å². The van der Waals surface area contributed by atoms with E-state index < -0.39 is 21.2 Å². The van der Waals surface area contributed by atoms with Gasteiger partial charge in [-0.15, -0.1) is 0 Å². The molecule has 0 fully saturated rings. The lowest BCUT2D eigenvalue weighted by molar-refractivity contribution is -0.394. The first-order chi connectivity index (χ1) is 14.8. The minimum atomic E-state index is -0.753. The number of nitro groups is 2. The van der Waals surface area contributed by atoms with Gasteiger partial charge in [0.05, 0.1) is 22.1 Å². The van der Waals surface area contributed by atoms with Crippen molar-refractivity contribution in [3.8, 4) is 11.5 Å².